The fourth-order valence-corrected chi connectivity index (χ4v) is 6.76. The largest absolute Gasteiger partial charge is 0.379 e. The third kappa shape index (κ3) is 40.7. The van der Waals surface area contributed by atoms with Crippen molar-refractivity contribution in [1.29, 1.82) is 0 Å². The normalized spacial score (nSPS) is 13.1. The highest BCUT2D eigenvalue weighted by Gasteiger charge is 2.16. The second kappa shape index (κ2) is 39.4. The Hall–Kier alpha value is -0.270. The predicted molar refractivity (Wildman–Crippen MR) is 212 cm³/mol. The smallest absolute Gasteiger partial charge is 0.327 e. The number of hydrogen-bond donors (Lipinski definition) is 4. The van der Waals surface area contributed by atoms with E-state index in [0.29, 0.717) is 45.3 Å². The highest BCUT2D eigenvalue weighted by atomic mass is 32.2. The van der Waals surface area contributed by atoms with Gasteiger partial charge in [-0.05, 0) is 12.8 Å². The molecule has 51 heavy (non-hydrogen) atoms. The van der Waals surface area contributed by atoms with E-state index < -0.39 is 13.6 Å². The molecule has 0 spiro atoms. The average Bonchev–Trinajstić information content (AvgIpc) is 3.10. The zero-order valence-corrected chi connectivity index (χ0v) is 34.4. The van der Waals surface area contributed by atoms with Crippen LogP contribution >= 0.6 is 19.4 Å². The molecule has 13 heteroatoms. The zero-order valence-electron chi connectivity index (χ0n) is 32.7. The van der Waals surface area contributed by atoms with Crippen LogP contribution in [0.4, 0.5) is 0 Å². The molecular formula is C38H79N2O9PS. The van der Waals surface area contributed by atoms with E-state index in [2.05, 4.69) is 19.2 Å². The molecule has 0 aliphatic carbocycles. The summed E-state index contributed by atoms with van der Waals surface area (Å²) >= 11 is 1.64. The molecule has 1 amide bonds. The van der Waals surface area contributed by atoms with Crippen molar-refractivity contribution in [3.05, 3.63) is 0 Å². The minimum absolute atomic E-state index is 0.00570. The summed E-state index contributed by atoms with van der Waals surface area (Å²) in [5, 5.41) is 2.83. The minimum Gasteiger partial charge on any atom is -0.379 e. The molecule has 306 valence electrons. The first kappa shape index (κ1) is 50.7. The van der Waals surface area contributed by atoms with Crippen molar-refractivity contribution in [1.82, 2.24) is 5.32 Å². The molecule has 11 nitrogen and oxygen atoms in total. The van der Waals surface area contributed by atoms with Crippen molar-refractivity contribution in [3.8, 4) is 0 Å². The summed E-state index contributed by atoms with van der Waals surface area (Å²) in [7, 11) is -4.02. The lowest BCUT2D eigenvalue weighted by molar-refractivity contribution is -0.122. The van der Waals surface area contributed by atoms with Crippen LogP contribution in [0.15, 0.2) is 0 Å². The van der Waals surface area contributed by atoms with Crippen LogP contribution in [0.2, 0.25) is 0 Å². The lowest BCUT2D eigenvalue weighted by atomic mass is 10.1. The maximum absolute atomic E-state index is 12.5. The summed E-state index contributed by atoms with van der Waals surface area (Å²) in [5.74, 6) is 1.05. The Morgan fingerprint density at radius 2 is 1.06 bits per heavy atom. The van der Waals surface area contributed by atoms with Gasteiger partial charge in [-0.3, -0.25) is 9.36 Å². The van der Waals surface area contributed by atoms with Crippen molar-refractivity contribution in [2.45, 2.75) is 154 Å². The lowest BCUT2D eigenvalue weighted by Crippen LogP contribution is -2.43. The molecule has 0 rings (SSSR count). The summed E-state index contributed by atoms with van der Waals surface area (Å²) in [6.07, 6.45) is 25.8. The molecule has 0 unspecified atom stereocenters. The standard InChI is InChI=1S/C38H79N2O9PS/c1-3-5-7-9-11-13-15-17-19-21-24-48-33-36(49-25-22-20-18-16-14-12-10-8-6-4-2)34-51-35-37(39)38(41)40-23-26-45-27-28-46-29-30-47-31-32-50(42,43)44/h36-37H,3-35,39H2,1-2H3,(H,40,41)(H2,42,43,44)/t36-,37+/m1/s1. The van der Waals surface area contributed by atoms with Gasteiger partial charge in [0.15, 0.2) is 0 Å². The van der Waals surface area contributed by atoms with Crippen molar-refractivity contribution in [2.75, 3.05) is 83.7 Å². The molecule has 5 N–H and O–H groups in total. The number of thioether (sulfide) groups is 1. The van der Waals surface area contributed by atoms with Gasteiger partial charge < -0.3 is 44.5 Å². The van der Waals surface area contributed by atoms with E-state index in [1.165, 1.54) is 116 Å². The minimum atomic E-state index is -4.02. The number of hydrogen-bond acceptors (Lipinski definition) is 9. The molecule has 0 aromatic rings. The van der Waals surface area contributed by atoms with E-state index in [-0.39, 0.29) is 31.4 Å². The molecule has 0 bridgehead atoms. The first-order valence-corrected chi connectivity index (χ1v) is 23.3. The SMILES string of the molecule is CCCCCCCCCCCCOC[C@H](CSC[C@H](N)C(=O)NCCOCCOCCOCCP(=O)(O)O)OCCCCCCCCCCCC. The van der Waals surface area contributed by atoms with E-state index in [9.17, 15) is 9.36 Å². The van der Waals surface area contributed by atoms with E-state index in [4.69, 9.17) is 39.2 Å². The van der Waals surface area contributed by atoms with Crippen LogP contribution in [0.3, 0.4) is 0 Å². The number of nitrogens with one attached hydrogen (secondary N) is 1. The Balaban J connectivity index is 4.13. The van der Waals surface area contributed by atoms with Gasteiger partial charge in [-0.2, -0.15) is 11.8 Å². The highest BCUT2D eigenvalue weighted by molar-refractivity contribution is 7.99. The van der Waals surface area contributed by atoms with Crippen LogP contribution in [0.5, 0.6) is 0 Å². The average molecular weight is 771 g/mol. The van der Waals surface area contributed by atoms with E-state index >= 15 is 0 Å². The summed E-state index contributed by atoms with van der Waals surface area (Å²) in [5.41, 5.74) is 6.17. The Morgan fingerprint density at radius 1 is 0.608 bits per heavy atom. The number of carbonyl (C=O) groups excluding carboxylic acids is 1. The van der Waals surface area contributed by atoms with Crippen molar-refractivity contribution in [3.63, 3.8) is 0 Å². The summed E-state index contributed by atoms with van der Waals surface area (Å²) in [4.78, 5) is 30.0. The Kier molecular flexibility index (Phi) is 39.2. The quantitative estimate of drug-likeness (QED) is 0.0357. The summed E-state index contributed by atoms with van der Waals surface area (Å²) in [6, 6.07) is -0.612. The molecule has 0 aromatic heterocycles. The van der Waals surface area contributed by atoms with E-state index in [0.717, 1.165) is 31.8 Å². The molecule has 0 saturated heterocycles. The van der Waals surface area contributed by atoms with Crippen LogP contribution in [0.25, 0.3) is 0 Å². The number of carbonyl (C=O) groups is 1. The topological polar surface area (TPSA) is 159 Å². The van der Waals surface area contributed by atoms with Crippen LogP contribution in [0, 0.1) is 0 Å². The van der Waals surface area contributed by atoms with Gasteiger partial charge in [0.1, 0.15) is 0 Å². The van der Waals surface area contributed by atoms with Crippen molar-refractivity contribution in [2.24, 2.45) is 5.73 Å². The van der Waals surface area contributed by atoms with Gasteiger partial charge in [0.25, 0.3) is 0 Å². The van der Waals surface area contributed by atoms with Gasteiger partial charge in [0.05, 0.1) is 64.6 Å². The Bertz CT molecular complexity index is 782. The number of amides is 1. The van der Waals surface area contributed by atoms with Crippen LogP contribution in [-0.2, 0) is 33.0 Å². The van der Waals surface area contributed by atoms with Gasteiger partial charge in [-0.1, -0.05) is 129 Å². The van der Waals surface area contributed by atoms with Crippen LogP contribution in [0.1, 0.15) is 142 Å². The third-order valence-corrected chi connectivity index (χ3v) is 10.5. The molecule has 0 aliphatic rings. The third-order valence-electron chi connectivity index (χ3n) is 8.55. The number of unbranched alkanes of at least 4 members (excludes halogenated alkanes) is 18. The Morgan fingerprint density at radius 3 is 1.57 bits per heavy atom. The van der Waals surface area contributed by atoms with Gasteiger partial charge >= 0.3 is 7.60 Å². The molecule has 0 aliphatic heterocycles. The monoisotopic (exact) mass is 771 g/mol. The first-order valence-electron chi connectivity index (χ1n) is 20.4. The number of rotatable bonds is 42. The predicted octanol–water partition coefficient (Wildman–Crippen LogP) is 7.63. The second-order valence-electron chi connectivity index (χ2n) is 13.6. The fraction of sp³-hybridized carbons (Fsp3) is 0.974. The van der Waals surface area contributed by atoms with Gasteiger partial charge in [-0.15, -0.1) is 0 Å². The molecule has 0 heterocycles. The van der Waals surface area contributed by atoms with Gasteiger partial charge in [0, 0.05) is 31.3 Å². The van der Waals surface area contributed by atoms with Crippen molar-refractivity contribution < 1.29 is 42.8 Å². The molecule has 0 saturated carbocycles. The van der Waals surface area contributed by atoms with E-state index in [1.54, 1.807) is 11.8 Å². The number of ether oxygens (including phenoxy) is 5. The zero-order chi connectivity index (χ0) is 37.5. The van der Waals surface area contributed by atoms with Crippen molar-refractivity contribution >= 4 is 25.3 Å². The molecule has 0 aromatic carbocycles. The first-order chi connectivity index (χ1) is 24.8. The molecule has 0 radical (unpaired) electrons. The van der Waals surface area contributed by atoms with Gasteiger partial charge in [0.2, 0.25) is 5.91 Å². The van der Waals surface area contributed by atoms with Gasteiger partial charge in [-0.25, -0.2) is 0 Å². The van der Waals surface area contributed by atoms with E-state index in [1.807, 2.05) is 0 Å². The summed E-state index contributed by atoms with van der Waals surface area (Å²) < 4.78 is 39.0. The molecule has 2 atom stereocenters. The Labute approximate surface area is 316 Å². The number of nitrogens with two attached hydrogens (primary N) is 1. The summed E-state index contributed by atoms with van der Waals surface area (Å²) in [6.45, 7) is 8.60. The lowest BCUT2D eigenvalue weighted by Gasteiger charge is -2.19. The fourth-order valence-electron chi connectivity index (χ4n) is 5.40. The maximum atomic E-state index is 12.5. The molecular weight excluding hydrogens is 691 g/mol. The van der Waals surface area contributed by atoms with Crippen LogP contribution in [-0.4, -0.2) is 112 Å². The second-order valence-corrected chi connectivity index (χ2v) is 16.4. The van der Waals surface area contributed by atoms with Crippen LogP contribution < -0.4 is 11.1 Å². The maximum Gasteiger partial charge on any atom is 0.327 e. The highest BCUT2D eigenvalue weighted by Crippen LogP contribution is 2.33. The molecule has 0 fully saturated rings.